The van der Waals surface area contributed by atoms with Crippen LogP contribution >= 0.6 is 0 Å². The van der Waals surface area contributed by atoms with Crippen LogP contribution in [0.15, 0.2) is 35.4 Å². The molecular weight excluding hydrogens is 270 g/mol. The van der Waals surface area contributed by atoms with Crippen molar-refractivity contribution in [1.82, 2.24) is 4.98 Å². The molecule has 2 aromatic rings. The van der Waals surface area contributed by atoms with Gasteiger partial charge < -0.3 is 14.8 Å². The Bertz CT molecular complexity index is 648. The van der Waals surface area contributed by atoms with E-state index >= 15 is 0 Å². The first-order valence-electron chi connectivity index (χ1n) is 6.56. The van der Waals surface area contributed by atoms with Gasteiger partial charge in [-0.1, -0.05) is 18.2 Å². The van der Waals surface area contributed by atoms with Crippen molar-refractivity contribution in [1.29, 1.82) is 0 Å². The van der Waals surface area contributed by atoms with Crippen molar-refractivity contribution < 1.29 is 14.6 Å². The molecule has 0 spiro atoms. The van der Waals surface area contributed by atoms with Gasteiger partial charge in [-0.3, -0.25) is 5.43 Å². The molecule has 0 atom stereocenters. The number of anilines is 1. The van der Waals surface area contributed by atoms with E-state index in [4.69, 9.17) is 4.74 Å². The highest BCUT2D eigenvalue weighted by atomic mass is 16.5. The average molecular weight is 287 g/mol. The van der Waals surface area contributed by atoms with Gasteiger partial charge in [0.25, 0.3) is 0 Å². The number of esters is 1. The van der Waals surface area contributed by atoms with Crippen molar-refractivity contribution in [2.24, 2.45) is 5.10 Å². The van der Waals surface area contributed by atoms with E-state index in [2.05, 4.69) is 15.5 Å². The number of rotatable bonds is 5. The molecular formula is C15H17N3O3. The number of para-hydroxylation sites is 1. The second-order valence-corrected chi connectivity index (χ2v) is 4.34. The van der Waals surface area contributed by atoms with Crippen LogP contribution < -0.4 is 5.43 Å². The number of carbonyl (C=O) groups excluding carboxylic acids is 1. The average Bonchev–Trinajstić information content (AvgIpc) is 2.75. The van der Waals surface area contributed by atoms with Gasteiger partial charge in [0.05, 0.1) is 29.6 Å². The molecule has 0 bridgehead atoms. The van der Waals surface area contributed by atoms with Gasteiger partial charge >= 0.3 is 5.97 Å². The molecule has 0 aliphatic heterocycles. The lowest BCUT2D eigenvalue weighted by Crippen LogP contribution is -2.08. The molecule has 0 saturated carbocycles. The highest BCUT2D eigenvalue weighted by Gasteiger charge is 2.20. The number of aromatic hydroxyl groups is 1. The van der Waals surface area contributed by atoms with Crippen LogP contribution in [0, 0.1) is 6.92 Å². The first-order chi connectivity index (χ1) is 10.1. The fraction of sp³-hybridized carbons (Fsp3) is 0.200. The van der Waals surface area contributed by atoms with Gasteiger partial charge in [0, 0.05) is 5.69 Å². The number of aromatic amines is 1. The maximum atomic E-state index is 11.9. The molecule has 2 rings (SSSR count). The maximum absolute atomic E-state index is 11.9. The summed E-state index contributed by atoms with van der Waals surface area (Å²) < 4.78 is 4.98. The van der Waals surface area contributed by atoms with Crippen molar-refractivity contribution in [3.63, 3.8) is 0 Å². The Morgan fingerprint density at radius 1 is 1.43 bits per heavy atom. The minimum Gasteiger partial charge on any atom is -0.494 e. The molecule has 0 saturated heterocycles. The fourth-order valence-corrected chi connectivity index (χ4v) is 1.90. The van der Waals surface area contributed by atoms with Crippen molar-refractivity contribution in [2.75, 3.05) is 12.0 Å². The number of nitrogens with one attached hydrogen (secondary N) is 2. The number of nitrogens with zero attached hydrogens (tertiary/aromatic N) is 1. The highest BCUT2D eigenvalue weighted by molar-refractivity contribution is 6.02. The summed E-state index contributed by atoms with van der Waals surface area (Å²) in [5, 5.41) is 13.9. The molecule has 21 heavy (non-hydrogen) atoms. The van der Waals surface area contributed by atoms with Gasteiger partial charge in [-0.25, -0.2) is 4.79 Å². The van der Waals surface area contributed by atoms with E-state index in [9.17, 15) is 9.90 Å². The quantitative estimate of drug-likeness (QED) is 0.448. The van der Waals surface area contributed by atoms with Crippen LogP contribution in [0.25, 0.3) is 0 Å². The van der Waals surface area contributed by atoms with Gasteiger partial charge in [-0.05, 0) is 26.0 Å². The summed E-state index contributed by atoms with van der Waals surface area (Å²) in [5.41, 5.74) is 4.74. The summed E-state index contributed by atoms with van der Waals surface area (Å²) in [6, 6.07) is 9.35. The summed E-state index contributed by atoms with van der Waals surface area (Å²) in [6.07, 6.45) is 1.39. The Balaban J connectivity index is 2.21. The standard InChI is InChI=1S/C15H17N3O3/c1-3-21-15(20)13-10(2)17-14(19)12(13)9-16-18-11-7-5-4-6-8-11/h4-9,17-19H,3H2,1-2H3/b16-9+. The molecule has 0 unspecified atom stereocenters. The van der Waals surface area contributed by atoms with E-state index in [1.807, 2.05) is 30.3 Å². The minimum absolute atomic E-state index is 0.117. The van der Waals surface area contributed by atoms with E-state index in [0.29, 0.717) is 11.3 Å². The molecule has 6 heteroatoms. The second kappa shape index (κ2) is 6.60. The van der Waals surface area contributed by atoms with E-state index in [0.717, 1.165) is 5.69 Å². The van der Waals surface area contributed by atoms with Crippen LogP contribution in [0.4, 0.5) is 5.69 Å². The Kier molecular flexibility index (Phi) is 4.61. The fourth-order valence-electron chi connectivity index (χ4n) is 1.90. The third-order valence-electron chi connectivity index (χ3n) is 2.85. The minimum atomic E-state index is -0.493. The lowest BCUT2D eigenvalue weighted by molar-refractivity contribution is 0.0525. The van der Waals surface area contributed by atoms with Gasteiger partial charge in [0.1, 0.15) is 0 Å². The van der Waals surface area contributed by atoms with Gasteiger partial charge in [-0.2, -0.15) is 5.10 Å². The normalized spacial score (nSPS) is 10.8. The number of aryl methyl sites for hydroxylation is 1. The molecule has 6 nitrogen and oxygen atoms in total. The summed E-state index contributed by atoms with van der Waals surface area (Å²) in [4.78, 5) is 14.6. The first-order valence-corrected chi connectivity index (χ1v) is 6.56. The Hall–Kier alpha value is -2.76. The topological polar surface area (TPSA) is 86.7 Å². The predicted molar refractivity (Wildman–Crippen MR) is 80.8 cm³/mol. The maximum Gasteiger partial charge on any atom is 0.340 e. The Labute approximate surface area is 122 Å². The predicted octanol–water partition coefficient (Wildman–Crippen LogP) is 2.65. The van der Waals surface area contributed by atoms with Crippen molar-refractivity contribution in [2.45, 2.75) is 13.8 Å². The van der Waals surface area contributed by atoms with Gasteiger partial charge in [0.2, 0.25) is 0 Å². The summed E-state index contributed by atoms with van der Waals surface area (Å²) >= 11 is 0. The zero-order chi connectivity index (χ0) is 15.2. The number of aromatic nitrogens is 1. The summed E-state index contributed by atoms with van der Waals surface area (Å²) in [7, 11) is 0. The number of ether oxygens (including phenoxy) is 1. The van der Waals surface area contributed by atoms with Crippen LogP contribution in [-0.2, 0) is 4.74 Å². The van der Waals surface area contributed by atoms with Gasteiger partial charge in [-0.15, -0.1) is 0 Å². The molecule has 0 aliphatic rings. The number of hydrogen-bond donors (Lipinski definition) is 3. The highest BCUT2D eigenvalue weighted by Crippen LogP contribution is 2.23. The van der Waals surface area contributed by atoms with Crippen LogP contribution in [0.3, 0.4) is 0 Å². The van der Waals surface area contributed by atoms with Crippen molar-refractivity contribution in [3.05, 3.63) is 47.2 Å². The van der Waals surface area contributed by atoms with E-state index in [1.165, 1.54) is 6.21 Å². The number of carbonyl (C=O) groups is 1. The molecule has 1 aromatic heterocycles. The molecule has 0 radical (unpaired) electrons. The Morgan fingerprint density at radius 2 is 2.14 bits per heavy atom. The van der Waals surface area contributed by atoms with Crippen molar-refractivity contribution in [3.8, 4) is 5.88 Å². The third kappa shape index (κ3) is 3.42. The number of hydrogen-bond acceptors (Lipinski definition) is 5. The Morgan fingerprint density at radius 3 is 2.81 bits per heavy atom. The van der Waals surface area contributed by atoms with E-state index in [-0.39, 0.29) is 18.1 Å². The van der Waals surface area contributed by atoms with Crippen molar-refractivity contribution >= 4 is 17.9 Å². The number of benzene rings is 1. The lowest BCUT2D eigenvalue weighted by atomic mass is 10.1. The molecule has 0 aliphatic carbocycles. The van der Waals surface area contributed by atoms with E-state index in [1.54, 1.807) is 13.8 Å². The third-order valence-corrected chi connectivity index (χ3v) is 2.85. The van der Waals surface area contributed by atoms with Gasteiger partial charge in [0.15, 0.2) is 5.88 Å². The van der Waals surface area contributed by atoms with Crippen LogP contribution in [0.5, 0.6) is 5.88 Å². The number of hydrazone groups is 1. The van der Waals surface area contributed by atoms with Crippen LogP contribution in [-0.4, -0.2) is 28.9 Å². The SMILES string of the molecule is CCOC(=O)c1c(C)[nH]c(O)c1/C=N/Nc1ccccc1. The monoisotopic (exact) mass is 287 g/mol. The van der Waals surface area contributed by atoms with Crippen LogP contribution in [0.2, 0.25) is 0 Å². The number of H-pyrrole nitrogens is 1. The molecule has 1 heterocycles. The second-order valence-electron chi connectivity index (χ2n) is 4.34. The first kappa shape index (κ1) is 14.6. The smallest absolute Gasteiger partial charge is 0.340 e. The van der Waals surface area contributed by atoms with Crippen LogP contribution in [0.1, 0.15) is 28.5 Å². The molecule has 0 amide bonds. The van der Waals surface area contributed by atoms with E-state index < -0.39 is 5.97 Å². The summed E-state index contributed by atoms with van der Waals surface area (Å²) in [6.45, 7) is 3.68. The summed E-state index contributed by atoms with van der Waals surface area (Å²) in [5.74, 6) is -0.609. The zero-order valence-corrected chi connectivity index (χ0v) is 11.9. The zero-order valence-electron chi connectivity index (χ0n) is 11.9. The molecule has 3 N–H and O–H groups in total. The molecule has 0 fully saturated rings. The molecule has 110 valence electrons. The largest absolute Gasteiger partial charge is 0.494 e. The lowest BCUT2D eigenvalue weighted by Gasteiger charge is -2.02. The molecule has 1 aromatic carbocycles.